The van der Waals surface area contributed by atoms with Crippen LogP contribution in [0.1, 0.15) is 21.6 Å². The summed E-state index contributed by atoms with van der Waals surface area (Å²) in [5.41, 5.74) is 11.1. The van der Waals surface area contributed by atoms with Crippen molar-refractivity contribution in [2.45, 2.75) is 13.8 Å². The lowest BCUT2D eigenvalue weighted by Crippen LogP contribution is -2.13. The maximum Gasteiger partial charge on any atom is 0.271 e. The number of rotatable bonds is 2. The van der Waals surface area contributed by atoms with Gasteiger partial charge in [-0.05, 0) is 49.2 Å². The van der Waals surface area contributed by atoms with Crippen LogP contribution < -0.4 is 5.73 Å². The molecule has 0 spiro atoms. The van der Waals surface area contributed by atoms with Crippen molar-refractivity contribution in [3.05, 3.63) is 45.6 Å². The molecule has 0 unspecified atom stereocenters. The average Bonchev–Trinajstić information content (AvgIpc) is 3.15. The quantitative estimate of drug-likeness (QED) is 0.492. The molecule has 0 aliphatic heterocycles. The summed E-state index contributed by atoms with van der Waals surface area (Å²) in [7, 11) is 0. The maximum absolute atomic E-state index is 11.6. The summed E-state index contributed by atoms with van der Waals surface area (Å²) in [6, 6.07) is 8.14. The van der Waals surface area contributed by atoms with Crippen LogP contribution in [0.15, 0.2) is 28.7 Å². The van der Waals surface area contributed by atoms with Crippen LogP contribution in [0.3, 0.4) is 0 Å². The number of amides is 1. The second-order valence-corrected chi connectivity index (χ2v) is 6.73. The van der Waals surface area contributed by atoms with E-state index in [2.05, 4.69) is 42.4 Å². The molecule has 0 radical (unpaired) electrons. The molecule has 2 heterocycles. The van der Waals surface area contributed by atoms with Crippen LogP contribution in [0, 0.1) is 13.8 Å². The molecule has 120 valence electrons. The number of nitrogens with zero attached hydrogens (tertiary/aromatic N) is 2. The van der Waals surface area contributed by atoms with Crippen LogP contribution in [-0.4, -0.2) is 26.3 Å². The highest BCUT2D eigenvalue weighted by molar-refractivity contribution is 9.10. The summed E-state index contributed by atoms with van der Waals surface area (Å²) < 4.78 is 1.01. The normalized spacial score (nSPS) is 11.5. The monoisotopic (exact) mass is 383 g/mol. The molecule has 24 heavy (non-hydrogen) atoms. The van der Waals surface area contributed by atoms with Crippen molar-refractivity contribution < 1.29 is 4.79 Å². The summed E-state index contributed by atoms with van der Waals surface area (Å²) in [6.45, 7) is 4.05. The van der Waals surface area contributed by atoms with E-state index < -0.39 is 5.91 Å². The number of aromatic nitrogens is 4. The lowest BCUT2D eigenvalue weighted by molar-refractivity contribution is 0.0996. The Labute approximate surface area is 145 Å². The zero-order valence-corrected chi connectivity index (χ0v) is 14.7. The van der Waals surface area contributed by atoms with Gasteiger partial charge in [0.15, 0.2) is 5.69 Å². The molecule has 0 aliphatic rings. The van der Waals surface area contributed by atoms with Gasteiger partial charge >= 0.3 is 0 Å². The van der Waals surface area contributed by atoms with Crippen LogP contribution in [0.4, 0.5) is 0 Å². The number of aryl methyl sites for hydroxylation is 2. The van der Waals surface area contributed by atoms with Gasteiger partial charge in [0.05, 0.1) is 0 Å². The Morgan fingerprint density at radius 1 is 1.21 bits per heavy atom. The van der Waals surface area contributed by atoms with Crippen molar-refractivity contribution in [1.29, 1.82) is 0 Å². The first-order valence-corrected chi connectivity index (χ1v) is 8.18. The van der Waals surface area contributed by atoms with Crippen LogP contribution in [0.25, 0.3) is 33.1 Å². The van der Waals surface area contributed by atoms with Gasteiger partial charge in [-0.25, -0.2) is 0 Å². The van der Waals surface area contributed by atoms with Crippen LogP contribution in [-0.2, 0) is 0 Å². The fourth-order valence-corrected chi connectivity index (χ4v) is 3.58. The summed E-state index contributed by atoms with van der Waals surface area (Å²) in [5, 5.41) is 12.7. The molecule has 0 saturated carbocycles. The number of carbonyl (C=O) groups excluding carboxylic acids is 1. The number of fused-ring (bicyclic) bond motifs is 3. The van der Waals surface area contributed by atoms with E-state index >= 15 is 0 Å². The number of nitrogens with one attached hydrogen (secondary N) is 2. The Bertz CT molecular complexity index is 1130. The van der Waals surface area contributed by atoms with Gasteiger partial charge in [-0.1, -0.05) is 15.9 Å². The molecule has 4 aromatic rings. The van der Waals surface area contributed by atoms with E-state index in [0.717, 1.165) is 43.0 Å². The predicted molar refractivity (Wildman–Crippen MR) is 96.9 cm³/mol. The van der Waals surface area contributed by atoms with Crippen molar-refractivity contribution >= 4 is 43.6 Å². The van der Waals surface area contributed by atoms with E-state index in [1.807, 2.05) is 32.0 Å². The second kappa shape index (κ2) is 5.17. The molecule has 0 bridgehead atoms. The van der Waals surface area contributed by atoms with Gasteiger partial charge in [0, 0.05) is 31.8 Å². The standard InChI is InChI=1S/C17H14BrN5O/c1-7-5-10(15-16(17(19)24)22-23-21-15)8(2)13-11-6-9(18)3-4-12(11)20-14(7)13/h3-6,20H,1-2H3,(H2,19,24)(H,21,22,23). The molecular weight excluding hydrogens is 370 g/mol. The zero-order chi connectivity index (χ0) is 17.0. The molecule has 0 aliphatic carbocycles. The second-order valence-electron chi connectivity index (χ2n) is 5.82. The van der Waals surface area contributed by atoms with Crippen molar-refractivity contribution in [2.24, 2.45) is 5.73 Å². The molecule has 6 nitrogen and oxygen atoms in total. The van der Waals surface area contributed by atoms with Crippen molar-refractivity contribution in [3.8, 4) is 11.3 Å². The van der Waals surface area contributed by atoms with Crippen LogP contribution >= 0.6 is 15.9 Å². The molecule has 7 heteroatoms. The number of nitrogens with two attached hydrogens (primary N) is 1. The van der Waals surface area contributed by atoms with E-state index in [-0.39, 0.29) is 5.69 Å². The number of carbonyl (C=O) groups is 1. The summed E-state index contributed by atoms with van der Waals surface area (Å²) >= 11 is 3.53. The number of hydrogen-bond acceptors (Lipinski definition) is 3. The smallest absolute Gasteiger partial charge is 0.271 e. The number of primary amides is 1. The molecule has 0 fully saturated rings. The predicted octanol–water partition coefficient (Wildman–Crippen LogP) is 3.58. The highest BCUT2D eigenvalue weighted by atomic mass is 79.9. The topological polar surface area (TPSA) is 100 Å². The largest absolute Gasteiger partial charge is 0.364 e. The SMILES string of the molecule is Cc1cc(-c2n[nH]nc2C(N)=O)c(C)c2c1[nH]c1ccc(Br)cc12. The highest BCUT2D eigenvalue weighted by Gasteiger charge is 2.20. The van der Waals surface area contributed by atoms with E-state index in [9.17, 15) is 4.79 Å². The Morgan fingerprint density at radius 2 is 2.00 bits per heavy atom. The van der Waals surface area contributed by atoms with E-state index in [1.165, 1.54) is 0 Å². The number of benzene rings is 2. The van der Waals surface area contributed by atoms with Gasteiger partial charge in [0.2, 0.25) is 0 Å². The van der Waals surface area contributed by atoms with Crippen LogP contribution in [0.5, 0.6) is 0 Å². The molecular formula is C17H14BrN5O. The highest BCUT2D eigenvalue weighted by Crippen LogP contribution is 2.37. The molecule has 0 saturated heterocycles. The third-order valence-electron chi connectivity index (χ3n) is 4.33. The van der Waals surface area contributed by atoms with E-state index in [4.69, 9.17) is 5.73 Å². The van der Waals surface area contributed by atoms with E-state index in [1.54, 1.807) is 0 Å². The summed E-state index contributed by atoms with van der Waals surface area (Å²) in [5.74, 6) is -0.599. The Morgan fingerprint density at radius 3 is 2.75 bits per heavy atom. The fraction of sp³-hybridized carbons (Fsp3) is 0.118. The lowest BCUT2D eigenvalue weighted by atomic mass is 9.96. The van der Waals surface area contributed by atoms with Gasteiger partial charge < -0.3 is 10.7 Å². The Kier molecular flexibility index (Phi) is 3.21. The van der Waals surface area contributed by atoms with Crippen molar-refractivity contribution in [1.82, 2.24) is 20.4 Å². The van der Waals surface area contributed by atoms with Gasteiger partial charge in [0.1, 0.15) is 5.69 Å². The number of halogens is 1. The minimum absolute atomic E-state index is 0.151. The number of hydrogen-bond donors (Lipinski definition) is 3. The van der Waals surface area contributed by atoms with Crippen molar-refractivity contribution in [3.63, 3.8) is 0 Å². The first-order chi connectivity index (χ1) is 11.5. The third kappa shape index (κ3) is 2.05. The van der Waals surface area contributed by atoms with Gasteiger partial charge in [0.25, 0.3) is 5.91 Å². The molecule has 4 rings (SSSR count). The van der Waals surface area contributed by atoms with Crippen LogP contribution in [0.2, 0.25) is 0 Å². The number of aromatic amines is 2. The summed E-state index contributed by atoms with van der Waals surface area (Å²) in [6.07, 6.45) is 0. The molecule has 1 amide bonds. The Hall–Kier alpha value is -2.67. The average molecular weight is 384 g/mol. The first-order valence-electron chi connectivity index (χ1n) is 7.39. The minimum Gasteiger partial charge on any atom is -0.364 e. The minimum atomic E-state index is -0.599. The van der Waals surface area contributed by atoms with Crippen molar-refractivity contribution in [2.75, 3.05) is 0 Å². The molecule has 2 aromatic heterocycles. The van der Waals surface area contributed by atoms with E-state index in [0.29, 0.717) is 5.69 Å². The van der Waals surface area contributed by atoms with Gasteiger partial charge in [-0.15, -0.1) is 0 Å². The number of H-pyrrole nitrogens is 2. The molecule has 0 atom stereocenters. The third-order valence-corrected chi connectivity index (χ3v) is 4.82. The Balaban J connectivity index is 2.13. The molecule has 2 aromatic carbocycles. The lowest BCUT2D eigenvalue weighted by Gasteiger charge is -2.08. The van der Waals surface area contributed by atoms with Gasteiger partial charge in [-0.2, -0.15) is 15.4 Å². The fourth-order valence-electron chi connectivity index (χ4n) is 3.22. The molecule has 4 N–H and O–H groups in total. The first kappa shape index (κ1) is 14.9. The zero-order valence-electron chi connectivity index (χ0n) is 13.1. The summed E-state index contributed by atoms with van der Waals surface area (Å²) in [4.78, 5) is 15.1. The maximum atomic E-state index is 11.6. The van der Waals surface area contributed by atoms with Gasteiger partial charge in [-0.3, -0.25) is 4.79 Å².